The average Bonchev–Trinajstić information content (AvgIpc) is 3.25. The molecule has 1 saturated heterocycles. The molecule has 1 heterocycles. The summed E-state index contributed by atoms with van der Waals surface area (Å²) in [6.45, 7) is 9.40. The van der Waals surface area contributed by atoms with Gasteiger partial charge in [0.05, 0.1) is 16.8 Å². The van der Waals surface area contributed by atoms with E-state index in [2.05, 4.69) is 17.2 Å². The maximum atomic E-state index is 13.4. The zero-order chi connectivity index (χ0) is 29.7. The molecule has 0 radical (unpaired) electrons. The summed E-state index contributed by atoms with van der Waals surface area (Å²) < 4.78 is 17.5. The van der Waals surface area contributed by atoms with Gasteiger partial charge < -0.3 is 24.8 Å². The number of hydrogen-bond donors (Lipinski definition) is 2. The first-order chi connectivity index (χ1) is 19.4. The minimum absolute atomic E-state index is 0.229. The predicted molar refractivity (Wildman–Crippen MR) is 162 cm³/mol. The van der Waals surface area contributed by atoms with Crippen LogP contribution in [0.2, 0.25) is 15.1 Å². The third-order valence-corrected chi connectivity index (χ3v) is 7.50. The molecule has 0 bridgehead atoms. The Bertz CT molecular complexity index is 1410. The number of halogens is 3. The number of para-hydroxylation sites is 1. The molecule has 3 atom stereocenters. The molecular weight excluding hydrogens is 587 g/mol. The Hall–Kier alpha value is -3.07. The molecule has 41 heavy (non-hydrogen) atoms. The van der Waals surface area contributed by atoms with E-state index >= 15 is 0 Å². The second-order valence-electron chi connectivity index (χ2n) is 10.2. The van der Waals surface area contributed by atoms with Crippen LogP contribution in [0.3, 0.4) is 0 Å². The van der Waals surface area contributed by atoms with Crippen molar-refractivity contribution in [3.8, 4) is 5.75 Å². The fourth-order valence-electron chi connectivity index (χ4n) is 4.30. The monoisotopic (exact) mass is 616 g/mol. The van der Waals surface area contributed by atoms with Crippen LogP contribution >= 0.6 is 34.8 Å². The summed E-state index contributed by atoms with van der Waals surface area (Å²) in [4.78, 5) is 26.5. The second-order valence-corrected chi connectivity index (χ2v) is 11.4. The van der Waals surface area contributed by atoms with Gasteiger partial charge in [-0.3, -0.25) is 9.59 Å². The molecule has 3 aromatic carbocycles. The molecule has 1 aliphatic heterocycles. The minimum atomic E-state index is -1.19. The number of hydrogen-bond acceptors (Lipinski definition) is 5. The molecule has 2 amide bonds. The number of carbonyl (C=O) groups excluding carboxylic acids is 2. The van der Waals surface area contributed by atoms with E-state index in [1.807, 2.05) is 31.2 Å². The summed E-state index contributed by atoms with van der Waals surface area (Å²) in [5.41, 5.74) is 2.81. The van der Waals surface area contributed by atoms with Gasteiger partial charge in [-0.2, -0.15) is 0 Å². The van der Waals surface area contributed by atoms with Crippen LogP contribution in [0.5, 0.6) is 5.75 Å². The van der Waals surface area contributed by atoms with Crippen LogP contribution in [0, 0.1) is 0 Å². The SMILES string of the molecule is C=C(C)[C@H](Cc1ccc(OCc2c(Cl)cccc2Cl)cc1)NC(=O)[C@@H]1OC(C)(C)O[C@H]1C(=O)Nc1ccccc1Cl. The van der Waals surface area contributed by atoms with E-state index in [1.165, 1.54) is 0 Å². The first-order valence-electron chi connectivity index (χ1n) is 12.9. The van der Waals surface area contributed by atoms with Gasteiger partial charge in [-0.1, -0.05) is 77.3 Å². The maximum absolute atomic E-state index is 13.4. The van der Waals surface area contributed by atoms with Crippen molar-refractivity contribution >= 4 is 52.3 Å². The summed E-state index contributed by atoms with van der Waals surface area (Å²) in [5, 5.41) is 7.14. The Balaban J connectivity index is 1.40. The van der Waals surface area contributed by atoms with E-state index in [0.29, 0.717) is 38.5 Å². The molecule has 10 heteroatoms. The van der Waals surface area contributed by atoms with Crippen molar-refractivity contribution in [3.05, 3.63) is 105 Å². The number of nitrogens with one attached hydrogen (secondary N) is 2. The minimum Gasteiger partial charge on any atom is -0.489 e. The van der Waals surface area contributed by atoms with E-state index in [9.17, 15) is 9.59 Å². The van der Waals surface area contributed by atoms with Gasteiger partial charge in [-0.05, 0) is 69.2 Å². The van der Waals surface area contributed by atoms with Gasteiger partial charge in [0.2, 0.25) is 0 Å². The number of benzene rings is 3. The van der Waals surface area contributed by atoms with Crippen molar-refractivity contribution in [3.63, 3.8) is 0 Å². The molecule has 0 unspecified atom stereocenters. The molecule has 2 N–H and O–H groups in total. The van der Waals surface area contributed by atoms with Crippen molar-refractivity contribution in [1.29, 1.82) is 0 Å². The largest absolute Gasteiger partial charge is 0.489 e. The number of carbonyl (C=O) groups is 2. The lowest BCUT2D eigenvalue weighted by Gasteiger charge is -2.23. The predicted octanol–water partition coefficient (Wildman–Crippen LogP) is 6.99. The normalized spacial score (nSPS) is 18.4. The van der Waals surface area contributed by atoms with Crippen molar-refractivity contribution in [2.24, 2.45) is 0 Å². The molecule has 0 aromatic heterocycles. The summed E-state index contributed by atoms with van der Waals surface area (Å²) in [6.07, 6.45) is -1.90. The van der Waals surface area contributed by atoms with Gasteiger partial charge >= 0.3 is 0 Å². The van der Waals surface area contributed by atoms with Crippen LogP contribution < -0.4 is 15.4 Å². The lowest BCUT2D eigenvalue weighted by Crippen LogP contribution is -2.49. The standard InChI is InChI=1S/C31H31Cl3N2O5/c1-18(2)26(16-19-12-14-20(15-13-19)39-17-21-22(32)9-7-10-23(21)33)36-30(38)28-27(40-31(3,4)41-28)29(37)35-25-11-6-5-8-24(25)34/h5-15,26-28H,1,16-17H2,2-4H3,(H,35,37)(H,36,38)/t26-,27+,28+/m0/s1. The Morgan fingerprint density at radius 1 is 0.902 bits per heavy atom. The lowest BCUT2D eigenvalue weighted by atomic mass is 10.00. The molecule has 3 aromatic rings. The van der Waals surface area contributed by atoms with E-state index in [4.69, 9.17) is 49.0 Å². The Morgan fingerprint density at radius 3 is 2.10 bits per heavy atom. The Labute approximate surface area is 254 Å². The Morgan fingerprint density at radius 2 is 1.49 bits per heavy atom. The van der Waals surface area contributed by atoms with Crippen LogP contribution in [0.15, 0.2) is 78.9 Å². The molecule has 0 spiro atoms. The highest BCUT2D eigenvalue weighted by molar-refractivity contribution is 6.36. The summed E-state index contributed by atoms with van der Waals surface area (Å²) in [6, 6.07) is 19.2. The number of amides is 2. The fraction of sp³-hybridized carbons (Fsp3) is 0.290. The number of rotatable bonds is 10. The smallest absolute Gasteiger partial charge is 0.256 e. The third kappa shape index (κ3) is 8.03. The topological polar surface area (TPSA) is 85.9 Å². The molecule has 1 aliphatic rings. The van der Waals surface area contributed by atoms with Gasteiger partial charge in [-0.25, -0.2) is 0 Å². The molecule has 216 valence electrons. The number of anilines is 1. The van der Waals surface area contributed by atoms with Crippen LogP contribution in [0.25, 0.3) is 0 Å². The summed E-state index contributed by atoms with van der Waals surface area (Å²) >= 11 is 18.6. The quantitative estimate of drug-likeness (QED) is 0.240. The van der Waals surface area contributed by atoms with Crippen molar-refractivity contribution in [2.45, 2.75) is 57.8 Å². The van der Waals surface area contributed by atoms with E-state index in [1.54, 1.807) is 56.3 Å². The first-order valence-corrected chi connectivity index (χ1v) is 14.1. The van der Waals surface area contributed by atoms with Crippen LogP contribution in [-0.2, 0) is 32.1 Å². The second kappa shape index (κ2) is 13.3. The highest BCUT2D eigenvalue weighted by atomic mass is 35.5. The molecular formula is C31H31Cl3N2O5. The average molecular weight is 618 g/mol. The van der Waals surface area contributed by atoms with Gasteiger partial charge in [0.25, 0.3) is 11.8 Å². The maximum Gasteiger partial charge on any atom is 0.256 e. The fourth-order valence-corrected chi connectivity index (χ4v) is 4.99. The van der Waals surface area contributed by atoms with Gasteiger partial charge in [0, 0.05) is 15.6 Å². The van der Waals surface area contributed by atoms with E-state index in [-0.39, 0.29) is 6.61 Å². The highest BCUT2D eigenvalue weighted by Gasteiger charge is 2.49. The molecule has 7 nitrogen and oxygen atoms in total. The summed E-state index contributed by atoms with van der Waals surface area (Å²) in [5.74, 6) is -1.52. The zero-order valence-electron chi connectivity index (χ0n) is 22.9. The molecule has 4 rings (SSSR count). The zero-order valence-corrected chi connectivity index (χ0v) is 25.1. The van der Waals surface area contributed by atoms with Gasteiger partial charge in [-0.15, -0.1) is 0 Å². The van der Waals surface area contributed by atoms with Crippen molar-refractivity contribution < 1.29 is 23.8 Å². The third-order valence-electron chi connectivity index (χ3n) is 6.46. The molecule has 1 fully saturated rings. The van der Waals surface area contributed by atoms with Gasteiger partial charge in [0.1, 0.15) is 12.4 Å². The van der Waals surface area contributed by atoms with Crippen molar-refractivity contribution in [1.82, 2.24) is 5.32 Å². The molecule has 0 aliphatic carbocycles. The van der Waals surface area contributed by atoms with Crippen molar-refractivity contribution in [2.75, 3.05) is 5.32 Å². The van der Waals surface area contributed by atoms with E-state index in [0.717, 1.165) is 11.1 Å². The van der Waals surface area contributed by atoms with Crippen LogP contribution in [0.4, 0.5) is 5.69 Å². The molecule has 0 saturated carbocycles. The number of ether oxygens (including phenoxy) is 3. The highest BCUT2D eigenvalue weighted by Crippen LogP contribution is 2.31. The van der Waals surface area contributed by atoms with E-state index < -0.39 is 35.9 Å². The lowest BCUT2D eigenvalue weighted by molar-refractivity contribution is -0.158. The first kappa shape index (κ1) is 30.9. The van der Waals surface area contributed by atoms with Crippen LogP contribution in [-0.4, -0.2) is 35.9 Å². The summed E-state index contributed by atoms with van der Waals surface area (Å²) in [7, 11) is 0. The van der Waals surface area contributed by atoms with Crippen LogP contribution in [0.1, 0.15) is 31.9 Å². The van der Waals surface area contributed by atoms with Gasteiger partial charge in [0.15, 0.2) is 18.0 Å². The Kier molecular flexibility index (Phi) is 10.00.